The van der Waals surface area contributed by atoms with Crippen LogP contribution >= 0.6 is 0 Å². The number of nitrogens with one attached hydrogen (secondary N) is 1. The summed E-state index contributed by atoms with van der Waals surface area (Å²) >= 11 is 0. The number of aliphatic hydroxyl groups is 1. The lowest BCUT2D eigenvalue weighted by molar-refractivity contribution is 0.205. The number of hydrogen-bond acceptors (Lipinski definition) is 2. The predicted octanol–water partition coefficient (Wildman–Crippen LogP) is 2.15. The third-order valence-electron chi connectivity index (χ3n) is 3.76. The summed E-state index contributed by atoms with van der Waals surface area (Å²) in [5.74, 6) is 0.465. The molecule has 2 atom stereocenters. The minimum atomic E-state index is 0.328. The zero-order chi connectivity index (χ0) is 12.1. The summed E-state index contributed by atoms with van der Waals surface area (Å²) in [6, 6.07) is 2.69. The number of hydrogen-bond donors (Lipinski definition) is 2. The van der Waals surface area contributed by atoms with Crippen molar-refractivity contribution in [3.05, 3.63) is 24.0 Å². The van der Waals surface area contributed by atoms with Crippen molar-refractivity contribution in [3.8, 4) is 0 Å². The molecule has 1 aromatic heterocycles. The van der Waals surface area contributed by atoms with Gasteiger partial charge in [-0.25, -0.2) is 0 Å². The number of rotatable bonds is 6. The molecule has 2 N–H and O–H groups in total. The van der Waals surface area contributed by atoms with Gasteiger partial charge in [0.25, 0.3) is 0 Å². The van der Waals surface area contributed by atoms with Crippen LogP contribution in [0, 0.1) is 5.92 Å². The Morgan fingerprint density at radius 3 is 3.12 bits per heavy atom. The maximum absolute atomic E-state index is 9.26. The largest absolute Gasteiger partial charge is 0.396 e. The molecule has 1 heterocycles. The fraction of sp³-hybridized carbons (Fsp3) is 0.714. The van der Waals surface area contributed by atoms with Gasteiger partial charge in [-0.15, -0.1) is 0 Å². The third kappa shape index (κ3) is 3.33. The van der Waals surface area contributed by atoms with E-state index in [1.165, 1.54) is 31.2 Å². The van der Waals surface area contributed by atoms with E-state index in [2.05, 4.69) is 35.3 Å². The minimum absolute atomic E-state index is 0.328. The van der Waals surface area contributed by atoms with Gasteiger partial charge in [-0.2, -0.15) is 0 Å². The molecule has 0 aliphatic heterocycles. The van der Waals surface area contributed by atoms with E-state index in [1.54, 1.807) is 0 Å². The zero-order valence-corrected chi connectivity index (χ0v) is 10.7. The summed E-state index contributed by atoms with van der Waals surface area (Å²) in [4.78, 5) is 0. The number of aromatic nitrogens is 1. The molecule has 0 aromatic carbocycles. The van der Waals surface area contributed by atoms with Crippen LogP contribution in [0.15, 0.2) is 18.5 Å². The first-order valence-corrected chi connectivity index (χ1v) is 6.82. The van der Waals surface area contributed by atoms with Crippen LogP contribution in [-0.2, 0) is 13.1 Å². The zero-order valence-electron chi connectivity index (χ0n) is 10.7. The molecule has 96 valence electrons. The summed E-state index contributed by atoms with van der Waals surface area (Å²) < 4.78 is 2.25. The number of aliphatic hydroxyl groups excluding tert-OH is 1. The average Bonchev–Trinajstić information content (AvgIpc) is 2.95. The molecular weight excluding hydrogens is 212 g/mol. The Kier molecular flexibility index (Phi) is 4.63. The Hall–Kier alpha value is -0.800. The van der Waals surface area contributed by atoms with Gasteiger partial charge in [0, 0.05) is 38.1 Å². The van der Waals surface area contributed by atoms with Crippen molar-refractivity contribution in [2.75, 3.05) is 6.61 Å². The van der Waals surface area contributed by atoms with Crippen LogP contribution < -0.4 is 5.32 Å². The van der Waals surface area contributed by atoms with E-state index in [9.17, 15) is 5.11 Å². The van der Waals surface area contributed by atoms with Crippen molar-refractivity contribution in [1.29, 1.82) is 0 Å². The van der Waals surface area contributed by atoms with Crippen molar-refractivity contribution in [2.24, 2.45) is 5.92 Å². The Balaban J connectivity index is 1.80. The molecule has 1 saturated carbocycles. The molecule has 0 saturated heterocycles. The van der Waals surface area contributed by atoms with Crippen molar-refractivity contribution in [2.45, 2.75) is 51.7 Å². The monoisotopic (exact) mass is 236 g/mol. The molecule has 3 nitrogen and oxygen atoms in total. The van der Waals surface area contributed by atoms with Crippen LogP contribution in [0.25, 0.3) is 0 Å². The first-order valence-electron chi connectivity index (χ1n) is 6.82. The molecule has 2 unspecified atom stereocenters. The molecule has 0 bridgehead atoms. The maximum Gasteiger partial charge on any atom is 0.0474 e. The van der Waals surface area contributed by atoms with Crippen molar-refractivity contribution in [3.63, 3.8) is 0 Å². The predicted molar refractivity (Wildman–Crippen MR) is 69.8 cm³/mol. The average molecular weight is 236 g/mol. The van der Waals surface area contributed by atoms with Gasteiger partial charge in [-0.05, 0) is 36.8 Å². The van der Waals surface area contributed by atoms with E-state index < -0.39 is 0 Å². The summed E-state index contributed by atoms with van der Waals surface area (Å²) in [7, 11) is 0. The lowest BCUT2D eigenvalue weighted by Gasteiger charge is -2.18. The van der Waals surface area contributed by atoms with Crippen LogP contribution in [0.5, 0.6) is 0 Å². The van der Waals surface area contributed by atoms with E-state index in [4.69, 9.17) is 0 Å². The number of aryl methyl sites for hydroxylation is 1. The van der Waals surface area contributed by atoms with Gasteiger partial charge >= 0.3 is 0 Å². The third-order valence-corrected chi connectivity index (χ3v) is 3.76. The standard InChI is InChI=1S/C14H24N2O/c1-2-7-16-8-6-12(10-16)9-15-14-5-3-4-13(14)11-17/h6,8,10,13-15,17H,2-5,7,9,11H2,1H3. The molecule has 1 fully saturated rings. The van der Waals surface area contributed by atoms with Gasteiger partial charge in [0.1, 0.15) is 0 Å². The second kappa shape index (κ2) is 6.22. The summed E-state index contributed by atoms with van der Waals surface area (Å²) in [6.45, 7) is 4.55. The second-order valence-electron chi connectivity index (χ2n) is 5.12. The van der Waals surface area contributed by atoms with E-state index >= 15 is 0 Å². The number of nitrogens with zero attached hydrogens (tertiary/aromatic N) is 1. The lowest BCUT2D eigenvalue weighted by atomic mass is 10.1. The molecule has 0 amide bonds. The Bertz CT molecular complexity index is 335. The fourth-order valence-corrected chi connectivity index (χ4v) is 2.77. The quantitative estimate of drug-likeness (QED) is 0.794. The van der Waals surface area contributed by atoms with Crippen LogP contribution in [-0.4, -0.2) is 22.3 Å². The normalized spacial score (nSPS) is 24.4. The maximum atomic E-state index is 9.26. The first kappa shape index (κ1) is 12.7. The lowest BCUT2D eigenvalue weighted by Crippen LogP contribution is -2.33. The SMILES string of the molecule is CCCn1ccc(CNC2CCCC2CO)c1. The van der Waals surface area contributed by atoms with Crippen LogP contribution in [0.4, 0.5) is 0 Å². The van der Waals surface area contributed by atoms with Crippen LogP contribution in [0.2, 0.25) is 0 Å². The smallest absolute Gasteiger partial charge is 0.0474 e. The highest BCUT2D eigenvalue weighted by Crippen LogP contribution is 2.25. The molecule has 1 aliphatic rings. The molecule has 17 heavy (non-hydrogen) atoms. The first-order chi connectivity index (χ1) is 8.33. The molecule has 0 radical (unpaired) electrons. The van der Waals surface area contributed by atoms with Crippen molar-refractivity contribution < 1.29 is 5.11 Å². The van der Waals surface area contributed by atoms with E-state index in [1.807, 2.05) is 0 Å². The van der Waals surface area contributed by atoms with Gasteiger partial charge in [-0.3, -0.25) is 0 Å². The summed E-state index contributed by atoms with van der Waals surface area (Å²) in [5, 5.41) is 12.8. The Labute approximate surface area is 104 Å². The van der Waals surface area contributed by atoms with E-state index in [-0.39, 0.29) is 0 Å². The van der Waals surface area contributed by atoms with Gasteiger partial charge in [0.2, 0.25) is 0 Å². The highest BCUT2D eigenvalue weighted by atomic mass is 16.3. The summed E-state index contributed by atoms with van der Waals surface area (Å²) in [6.07, 6.45) is 9.18. The van der Waals surface area contributed by atoms with Gasteiger partial charge in [0.15, 0.2) is 0 Å². The topological polar surface area (TPSA) is 37.2 Å². The molecule has 1 aliphatic carbocycles. The molecule has 0 spiro atoms. The second-order valence-corrected chi connectivity index (χ2v) is 5.12. The van der Waals surface area contributed by atoms with Crippen LogP contribution in [0.1, 0.15) is 38.2 Å². The Morgan fingerprint density at radius 1 is 1.47 bits per heavy atom. The highest BCUT2D eigenvalue weighted by Gasteiger charge is 2.25. The van der Waals surface area contributed by atoms with Crippen molar-refractivity contribution >= 4 is 0 Å². The molecule has 3 heteroatoms. The van der Waals surface area contributed by atoms with Crippen molar-refractivity contribution in [1.82, 2.24) is 9.88 Å². The Morgan fingerprint density at radius 2 is 2.35 bits per heavy atom. The van der Waals surface area contributed by atoms with E-state index in [0.29, 0.717) is 18.6 Å². The highest BCUT2D eigenvalue weighted by molar-refractivity contribution is 5.10. The van der Waals surface area contributed by atoms with Gasteiger partial charge in [-0.1, -0.05) is 13.3 Å². The van der Waals surface area contributed by atoms with E-state index in [0.717, 1.165) is 13.1 Å². The fourth-order valence-electron chi connectivity index (χ4n) is 2.77. The molecular formula is C14H24N2O. The summed E-state index contributed by atoms with van der Waals surface area (Å²) in [5.41, 5.74) is 1.35. The van der Waals surface area contributed by atoms with Gasteiger partial charge < -0.3 is 15.0 Å². The minimum Gasteiger partial charge on any atom is -0.396 e. The molecule has 1 aromatic rings. The van der Waals surface area contributed by atoms with Gasteiger partial charge in [0.05, 0.1) is 0 Å². The van der Waals surface area contributed by atoms with Crippen LogP contribution in [0.3, 0.4) is 0 Å². The molecule has 2 rings (SSSR count).